The molecule has 0 aliphatic heterocycles. The van der Waals surface area contributed by atoms with Gasteiger partial charge >= 0.3 is 6.18 Å². The van der Waals surface area contributed by atoms with Crippen LogP contribution in [0.4, 0.5) is 13.2 Å². The van der Waals surface area contributed by atoms with Crippen LogP contribution < -0.4 is 0 Å². The van der Waals surface area contributed by atoms with Gasteiger partial charge in [-0.15, -0.1) is 0 Å². The van der Waals surface area contributed by atoms with E-state index in [-0.39, 0.29) is 6.42 Å². The first-order valence-electron chi connectivity index (χ1n) is 4.97. The maximum absolute atomic E-state index is 12.3. The van der Waals surface area contributed by atoms with Crippen molar-refractivity contribution in [3.63, 3.8) is 0 Å². The smallest absolute Gasteiger partial charge is 0.342 e. The number of aromatic amines is 1. The average molecular weight is 228 g/mol. The summed E-state index contributed by atoms with van der Waals surface area (Å²) >= 11 is 0. The molecule has 0 amide bonds. The van der Waals surface area contributed by atoms with E-state index in [0.717, 1.165) is 12.4 Å². The van der Waals surface area contributed by atoms with Crippen molar-refractivity contribution in [2.45, 2.75) is 19.5 Å². The Hall–Kier alpha value is -1.52. The Balaban J connectivity index is 2.22. The van der Waals surface area contributed by atoms with Crippen molar-refractivity contribution in [3.8, 4) is 0 Å². The quantitative estimate of drug-likeness (QED) is 0.839. The number of rotatable bonds is 2. The van der Waals surface area contributed by atoms with Gasteiger partial charge in [-0.3, -0.25) is 0 Å². The minimum atomic E-state index is -4.17. The normalized spacial score (nSPS) is 14.2. The van der Waals surface area contributed by atoms with E-state index in [1.54, 1.807) is 18.2 Å². The Bertz CT molecular complexity index is 454. The lowest BCUT2D eigenvalue weighted by atomic mass is 10.1. The molecule has 16 heavy (non-hydrogen) atoms. The molecule has 0 radical (unpaired) electrons. The number of hydrogen-bond acceptors (Lipinski definition) is 1. The van der Waals surface area contributed by atoms with Gasteiger partial charge in [0, 0.05) is 6.42 Å². The summed E-state index contributed by atoms with van der Waals surface area (Å²) in [5.41, 5.74) is 1.47. The number of hydrogen-bond donors (Lipinski definition) is 1. The maximum Gasteiger partial charge on any atom is 0.391 e. The summed E-state index contributed by atoms with van der Waals surface area (Å²) in [6.45, 7) is 1.16. The SMILES string of the molecule is CC(Cc1nc2ccccc2[nH]1)C(F)(F)F. The van der Waals surface area contributed by atoms with E-state index < -0.39 is 12.1 Å². The lowest BCUT2D eigenvalue weighted by molar-refractivity contribution is -0.169. The molecule has 1 aromatic heterocycles. The predicted octanol–water partition coefficient (Wildman–Crippen LogP) is 3.30. The Morgan fingerprint density at radius 3 is 2.62 bits per heavy atom. The number of alkyl halides is 3. The number of fused-ring (bicyclic) bond motifs is 1. The van der Waals surface area contributed by atoms with Crippen molar-refractivity contribution in [2.24, 2.45) is 5.92 Å². The van der Waals surface area contributed by atoms with E-state index in [0.29, 0.717) is 11.3 Å². The number of halogens is 3. The van der Waals surface area contributed by atoms with E-state index in [9.17, 15) is 13.2 Å². The highest BCUT2D eigenvalue weighted by Crippen LogP contribution is 2.28. The molecule has 2 aromatic rings. The Morgan fingerprint density at radius 2 is 2.00 bits per heavy atom. The number of nitrogens with one attached hydrogen (secondary N) is 1. The Labute approximate surface area is 90.5 Å². The molecule has 1 atom stereocenters. The lowest BCUT2D eigenvalue weighted by Crippen LogP contribution is -2.22. The van der Waals surface area contributed by atoms with Crippen LogP contribution in [0.5, 0.6) is 0 Å². The van der Waals surface area contributed by atoms with Gasteiger partial charge < -0.3 is 4.98 Å². The van der Waals surface area contributed by atoms with Crippen molar-refractivity contribution in [2.75, 3.05) is 0 Å². The largest absolute Gasteiger partial charge is 0.391 e. The number of imidazole rings is 1. The van der Waals surface area contributed by atoms with Gasteiger partial charge in [0.2, 0.25) is 0 Å². The lowest BCUT2D eigenvalue weighted by Gasteiger charge is -2.13. The summed E-state index contributed by atoms with van der Waals surface area (Å²) in [5.74, 6) is -1.00. The average Bonchev–Trinajstić information content (AvgIpc) is 2.58. The highest BCUT2D eigenvalue weighted by molar-refractivity contribution is 5.74. The molecule has 0 aliphatic rings. The molecule has 0 saturated carbocycles. The molecule has 0 aliphatic carbocycles. The van der Waals surface area contributed by atoms with Crippen molar-refractivity contribution >= 4 is 11.0 Å². The van der Waals surface area contributed by atoms with E-state index in [1.807, 2.05) is 6.07 Å². The molecule has 0 bridgehead atoms. The molecule has 0 saturated heterocycles. The van der Waals surface area contributed by atoms with E-state index in [2.05, 4.69) is 9.97 Å². The number of aromatic nitrogens is 2. The molecule has 2 rings (SSSR count). The van der Waals surface area contributed by atoms with Gasteiger partial charge in [-0.05, 0) is 12.1 Å². The first-order chi connectivity index (χ1) is 7.47. The summed E-state index contributed by atoms with van der Waals surface area (Å²) in [6, 6.07) is 7.19. The van der Waals surface area contributed by atoms with Crippen LogP contribution in [0.1, 0.15) is 12.7 Å². The standard InChI is InChI=1S/C11H11F3N2/c1-7(11(12,13)14)6-10-15-8-4-2-3-5-9(8)16-10/h2-5,7H,6H2,1H3,(H,15,16). The van der Waals surface area contributed by atoms with E-state index in [4.69, 9.17) is 0 Å². The first-order valence-corrected chi connectivity index (χ1v) is 4.97. The highest BCUT2D eigenvalue weighted by Gasteiger charge is 2.36. The molecule has 1 aromatic carbocycles. The van der Waals surface area contributed by atoms with Gasteiger partial charge in [0.25, 0.3) is 0 Å². The third-order valence-electron chi connectivity index (χ3n) is 2.50. The molecule has 1 unspecified atom stereocenters. The zero-order valence-electron chi connectivity index (χ0n) is 8.67. The van der Waals surface area contributed by atoms with E-state index in [1.165, 1.54) is 0 Å². The van der Waals surface area contributed by atoms with Gasteiger partial charge in [-0.2, -0.15) is 13.2 Å². The fourth-order valence-electron chi connectivity index (χ4n) is 1.51. The highest BCUT2D eigenvalue weighted by atomic mass is 19.4. The number of H-pyrrole nitrogens is 1. The molecule has 86 valence electrons. The van der Waals surface area contributed by atoms with E-state index >= 15 is 0 Å². The van der Waals surface area contributed by atoms with Gasteiger partial charge in [-0.1, -0.05) is 19.1 Å². The molecule has 0 spiro atoms. The van der Waals surface area contributed by atoms with Crippen LogP contribution in [0.25, 0.3) is 11.0 Å². The van der Waals surface area contributed by atoms with Gasteiger partial charge in [0.05, 0.1) is 17.0 Å². The summed E-state index contributed by atoms with van der Waals surface area (Å²) in [7, 11) is 0. The van der Waals surface area contributed by atoms with Crippen molar-refractivity contribution < 1.29 is 13.2 Å². The number of nitrogens with zero attached hydrogens (tertiary/aromatic N) is 1. The second-order valence-corrected chi connectivity index (χ2v) is 3.85. The molecular formula is C11H11F3N2. The van der Waals surface area contributed by atoms with Gasteiger partial charge in [0.1, 0.15) is 5.82 Å². The third-order valence-corrected chi connectivity index (χ3v) is 2.50. The first kappa shape index (κ1) is 11.0. The zero-order chi connectivity index (χ0) is 11.8. The molecule has 2 nitrogen and oxygen atoms in total. The van der Waals surface area contributed by atoms with Crippen molar-refractivity contribution in [1.29, 1.82) is 0 Å². The van der Waals surface area contributed by atoms with Crippen molar-refractivity contribution in [1.82, 2.24) is 9.97 Å². The van der Waals surface area contributed by atoms with Crippen LogP contribution in [-0.2, 0) is 6.42 Å². The minimum Gasteiger partial charge on any atom is -0.342 e. The van der Waals surface area contributed by atoms with Gasteiger partial charge in [-0.25, -0.2) is 4.98 Å². The number of para-hydroxylation sites is 2. The topological polar surface area (TPSA) is 28.7 Å². The van der Waals surface area contributed by atoms with Crippen molar-refractivity contribution in [3.05, 3.63) is 30.1 Å². The van der Waals surface area contributed by atoms with Crippen LogP contribution in [0.2, 0.25) is 0 Å². The Kier molecular flexibility index (Phi) is 2.61. The second kappa shape index (κ2) is 3.81. The van der Waals surface area contributed by atoms with Crippen LogP contribution in [0, 0.1) is 5.92 Å². The van der Waals surface area contributed by atoms with Crippen LogP contribution in [-0.4, -0.2) is 16.1 Å². The van der Waals surface area contributed by atoms with Crippen LogP contribution >= 0.6 is 0 Å². The second-order valence-electron chi connectivity index (χ2n) is 3.85. The Morgan fingerprint density at radius 1 is 1.31 bits per heavy atom. The third kappa shape index (κ3) is 2.18. The zero-order valence-corrected chi connectivity index (χ0v) is 8.67. The fraction of sp³-hybridized carbons (Fsp3) is 0.364. The molecule has 1 N–H and O–H groups in total. The summed E-state index contributed by atoms with van der Waals surface area (Å²) in [5, 5.41) is 0. The maximum atomic E-state index is 12.3. The summed E-state index contributed by atoms with van der Waals surface area (Å²) in [4.78, 5) is 7.00. The molecule has 5 heteroatoms. The monoisotopic (exact) mass is 228 g/mol. The summed E-state index contributed by atoms with van der Waals surface area (Å²) in [6.07, 6.45) is -4.28. The molecular weight excluding hydrogens is 217 g/mol. The van der Waals surface area contributed by atoms with Crippen LogP contribution in [0.15, 0.2) is 24.3 Å². The predicted molar refractivity (Wildman–Crippen MR) is 55.0 cm³/mol. The molecule has 0 fully saturated rings. The van der Waals surface area contributed by atoms with Crippen LogP contribution in [0.3, 0.4) is 0 Å². The molecule has 1 heterocycles. The fourth-order valence-corrected chi connectivity index (χ4v) is 1.51. The minimum absolute atomic E-state index is 0.113. The number of benzene rings is 1. The van der Waals surface area contributed by atoms with Gasteiger partial charge in [0.15, 0.2) is 0 Å². The summed E-state index contributed by atoms with van der Waals surface area (Å²) < 4.78 is 37.0.